The molecule has 0 spiro atoms. The Kier molecular flexibility index (Phi) is 9.25. The highest BCUT2D eigenvalue weighted by atomic mass is 35.5. The first-order valence-corrected chi connectivity index (χ1v) is 9.28. The molecule has 0 fully saturated rings. The molecule has 1 rings (SSSR count). The van der Waals surface area contributed by atoms with E-state index in [1.54, 1.807) is 18.2 Å². The van der Waals surface area contributed by atoms with Gasteiger partial charge in [0.05, 0.1) is 17.1 Å². The standard InChI is InChI=1S/C18H27Cl2N3O2/c1-12(2)5-6-13(3)21-17(24)10-23(4)11-18(25)22-14-7-8-15(19)16(20)9-14/h7-9,12-13H,5-6,10-11H2,1-4H3,(H,21,24)(H,22,25)/p+1/t13-/m1/s1. The summed E-state index contributed by atoms with van der Waals surface area (Å²) >= 11 is 11.8. The van der Waals surface area contributed by atoms with Gasteiger partial charge in [0, 0.05) is 11.7 Å². The summed E-state index contributed by atoms with van der Waals surface area (Å²) in [4.78, 5) is 24.9. The average Bonchev–Trinajstić information content (AvgIpc) is 2.48. The second-order valence-corrected chi connectivity index (χ2v) is 7.74. The van der Waals surface area contributed by atoms with Crippen molar-refractivity contribution in [1.29, 1.82) is 0 Å². The summed E-state index contributed by atoms with van der Waals surface area (Å²) in [6.07, 6.45) is 2.04. The van der Waals surface area contributed by atoms with Crippen molar-refractivity contribution < 1.29 is 14.5 Å². The molecule has 0 bridgehead atoms. The molecule has 0 saturated carbocycles. The molecule has 25 heavy (non-hydrogen) atoms. The van der Waals surface area contributed by atoms with Gasteiger partial charge in [-0.05, 0) is 43.9 Å². The van der Waals surface area contributed by atoms with Crippen LogP contribution in [0.3, 0.4) is 0 Å². The van der Waals surface area contributed by atoms with Crippen LogP contribution in [0.25, 0.3) is 0 Å². The number of quaternary nitrogens is 1. The third kappa shape index (κ3) is 9.10. The maximum absolute atomic E-state index is 12.1. The lowest BCUT2D eigenvalue weighted by molar-refractivity contribution is -0.862. The predicted molar refractivity (Wildman–Crippen MR) is 103 cm³/mol. The molecular formula is C18H28Cl2N3O2+. The highest BCUT2D eigenvalue weighted by Crippen LogP contribution is 2.24. The van der Waals surface area contributed by atoms with E-state index in [2.05, 4.69) is 24.5 Å². The minimum absolute atomic E-state index is 0.0453. The number of nitrogens with one attached hydrogen (secondary N) is 3. The van der Waals surface area contributed by atoms with E-state index in [9.17, 15) is 9.59 Å². The maximum atomic E-state index is 12.1. The fourth-order valence-corrected chi connectivity index (χ4v) is 2.67. The number of carbonyl (C=O) groups is 2. The second-order valence-electron chi connectivity index (χ2n) is 6.93. The molecule has 0 aliphatic carbocycles. The minimum Gasteiger partial charge on any atom is -0.349 e. The van der Waals surface area contributed by atoms with Crippen molar-refractivity contribution in [2.45, 2.75) is 39.7 Å². The van der Waals surface area contributed by atoms with Gasteiger partial charge in [-0.2, -0.15) is 0 Å². The van der Waals surface area contributed by atoms with Crippen LogP contribution in [0, 0.1) is 5.92 Å². The Morgan fingerprint density at radius 3 is 2.28 bits per heavy atom. The third-order valence-electron chi connectivity index (χ3n) is 3.71. The van der Waals surface area contributed by atoms with Crippen LogP contribution in [-0.2, 0) is 9.59 Å². The molecule has 0 aromatic heterocycles. The Bertz CT molecular complexity index is 594. The molecule has 2 amide bonds. The van der Waals surface area contributed by atoms with E-state index >= 15 is 0 Å². The van der Waals surface area contributed by atoms with Crippen molar-refractivity contribution in [3.8, 4) is 0 Å². The fraction of sp³-hybridized carbons (Fsp3) is 0.556. The maximum Gasteiger partial charge on any atom is 0.279 e. The Labute approximate surface area is 160 Å². The van der Waals surface area contributed by atoms with E-state index in [1.807, 2.05) is 14.0 Å². The summed E-state index contributed by atoms with van der Waals surface area (Å²) in [6, 6.07) is 5.06. The van der Waals surface area contributed by atoms with E-state index in [0.29, 0.717) is 21.7 Å². The predicted octanol–water partition coefficient (Wildman–Crippen LogP) is 2.39. The molecule has 7 heteroatoms. The molecule has 3 N–H and O–H groups in total. The normalized spacial score (nSPS) is 13.4. The van der Waals surface area contributed by atoms with Crippen LogP contribution < -0.4 is 15.5 Å². The van der Waals surface area contributed by atoms with E-state index in [0.717, 1.165) is 17.7 Å². The lowest BCUT2D eigenvalue weighted by Crippen LogP contribution is -3.11. The summed E-state index contributed by atoms with van der Waals surface area (Å²) in [6.45, 7) is 6.78. The van der Waals surface area contributed by atoms with E-state index < -0.39 is 0 Å². The second kappa shape index (κ2) is 10.6. The molecule has 0 heterocycles. The number of hydrogen-bond donors (Lipinski definition) is 3. The number of carbonyl (C=O) groups excluding carboxylic acids is 2. The number of likely N-dealkylation sites (N-methyl/N-ethyl adjacent to an activating group) is 1. The van der Waals surface area contributed by atoms with Crippen LogP contribution in [0.1, 0.15) is 33.6 Å². The van der Waals surface area contributed by atoms with Gasteiger partial charge in [0.1, 0.15) is 0 Å². The van der Waals surface area contributed by atoms with Crippen molar-refractivity contribution in [2.75, 3.05) is 25.5 Å². The van der Waals surface area contributed by atoms with Crippen LogP contribution in [0.2, 0.25) is 10.0 Å². The number of benzene rings is 1. The molecule has 1 aromatic carbocycles. The van der Waals surface area contributed by atoms with Crippen molar-refractivity contribution in [1.82, 2.24) is 5.32 Å². The van der Waals surface area contributed by atoms with Crippen LogP contribution >= 0.6 is 23.2 Å². The fourth-order valence-electron chi connectivity index (χ4n) is 2.37. The first kappa shape index (κ1) is 21.7. The van der Waals surface area contributed by atoms with Gasteiger partial charge in [-0.3, -0.25) is 9.59 Å². The number of amides is 2. The highest BCUT2D eigenvalue weighted by molar-refractivity contribution is 6.42. The van der Waals surface area contributed by atoms with Gasteiger partial charge in [0.25, 0.3) is 11.8 Å². The first-order valence-electron chi connectivity index (χ1n) is 8.53. The number of hydrogen-bond acceptors (Lipinski definition) is 2. The van der Waals surface area contributed by atoms with E-state index in [1.165, 1.54) is 0 Å². The molecule has 2 atom stereocenters. The van der Waals surface area contributed by atoms with Crippen LogP contribution in [0.15, 0.2) is 18.2 Å². The third-order valence-corrected chi connectivity index (χ3v) is 4.45. The smallest absolute Gasteiger partial charge is 0.279 e. The largest absolute Gasteiger partial charge is 0.349 e. The lowest BCUT2D eigenvalue weighted by Gasteiger charge is -2.17. The highest BCUT2D eigenvalue weighted by Gasteiger charge is 2.16. The molecule has 1 aromatic rings. The van der Waals surface area contributed by atoms with Gasteiger partial charge in [-0.25, -0.2) is 0 Å². The summed E-state index contributed by atoms with van der Waals surface area (Å²) in [5.41, 5.74) is 0.582. The summed E-state index contributed by atoms with van der Waals surface area (Å²) in [7, 11) is 1.81. The van der Waals surface area contributed by atoms with Gasteiger partial charge in [-0.1, -0.05) is 37.0 Å². The van der Waals surface area contributed by atoms with Gasteiger partial charge in [0.2, 0.25) is 0 Å². The zero-order valence-electron chi connectivity index (χ0n) is 15.3. The Morgan fingerprint density at radius 2 is 1.68 bits per heavy atom. The summed E-state index contributed by atoms with van der Waals surface area (Å²) < 4.78 is 0. The van der Waals surface area contributed by atoms with Gasteiger partial charge in [0.15, 0.2) is 13.1 Å². The molecule has 0 radical (unpaired) electrons. The van der Waals surface area contributed by atoms with Crippen LogP contribution in [-0.4, -0.2) is 38.0 Å². The number of rotatable bonds is 9. The average molecular weight is 389 g/mol. The zero-order valence-corrected chi connectivity index (χ0v) is 16.8. The van der Waals surface area contributed by atoms with E-state index in [-0.39, 0.29) is 30.9 Å². The van der Waals surface area contributed by atoms with Gasteiger partial charge < -0.3 is 15.5 Å². The quantitative estimate of drug-likeness (QED) is 0.607. The van der Waals surface area contributed by atoms with Crippen LogP contribution in [0.4, 0.5) is 5.69 Å². The molecule has 1 unspecified atom stereocenters. The molecule has 0 aliphatic heterocycles. The van der Waals surface area contributed by atoms with Gasteiger partial charge >= 0.3 is 0 Å². The van der Waals surface area contributed by atoms with Crippen molar-refractivity contribution in [3.63, 3.8) is 0 Å². The Morgan fingerprint density at radius 1 is 1.04 bits per heavy atom. The monoisotopic (exact) mass is 388 g/mol. The molecule has 5 nitrogen and oxygen atoms in total. The summed E-state index contributed by atoms with van der Waals surface area (Å²) in [5.74, 6) is 0.394. The van der Waals surface area contributed by atoms with Crippen molar-refractivity contribution in [2.24, 2.45) is 5.92 Å². The molecule has 0 saturated heterocycles. The first-order chi connectivity index (χ1) is 11.7. The molecular weight excluding hydrogens is 361 g/mol. The Balaban J connectivity index is 2.37. The van der Waals surface area contributed by atoms with Gasteiger partial charge in [-0.15, -0.1) is 0 Å². The van der Waals surface area contributed by atoms with E-state index in [4.69, 9.17) is 23.2 Å². The van der Waals surface area contributed by atoms with Crippen molar-refractivity contribution in [3.05, 3.63) is 28.2 Å². The molecule has 0 aliphatic rings. The number of anilines is 1. The number of halogens is 2. The zero-order chi connectivity index (χ0) is 19.0. The van der Waals surface area contributed by atoms with Crippen molar-refractivity contribution >= 4 is 40.7 Å². The SMILES string of the molecule is CC(C)CC[C@@H](C)NC(=O)C[NH+](C)CC(=O)Nc1ccc(Cl)c(Cl)c1. The minimum atomic E-state index is -0.184. The molecule has 140 valence electrons. The lowest BCUT2D eigenvalue weighted by atomic mass is 10.0. The Hall–Kier alpha value is -1.30. The summed E-state index contributed by atoms with van der Waals surface area (Å²) in [5, 5.41) is 6.55. The topological polar surface area (TPSA) is 62.6 Å². The van der Waals surface area contributed by atoms with Crippen LogP contribution in [0.5, 0.6) is 0 Å².